The number of halogens is 1. The Hall–Kier alpha value is -1.59. The Morgan fingerprint density at radius 1 is 1.57 bits per heavy atom. The Balaban J connectivity index is 2.03. The van der Waals surface area contributed by atoms with Crippen LogP contribution in [0.5, 0.6) is 0 Å². The van der Waals surface area contributed by atoms with E-state index in [-0.39, 0.29) is 5.97 Å². The van der Waals surface area contributed by atoms with E-state index in [0.717, 1.165) is 43.0 Å². The standard InChI is InChI=1S/C15H17ClN2O3/c1-20-15(19)11-2-3-12-13(6-11)18(14(7-16)17-12)8-10-4-5-21-9-10/h2-3,6,10H,4-5,7-9H2,1H3/t10-/m1/s1. The molecule has 2 heterocycles. The molecule has 1 aliphatic heterocycles. The maximum atomic E-state index is 11.7. The molecule has 1 saturated heterocycles. The van der Waals surface area contributed by atoms with Crippen molar-refractivity contribution in [2.75, 3.05) is 20.3 Å². The smallest absolute Gasteiger partial charge is 0.337 e. The van der Waals surface area contributed by atoms with Gasteiger partial charge in [0.1, 0.15) is 5.82 Å². The molecule has 0 radical (unpaired) electrons. The van der Waals surface area contributed by atoms with Crippen molar-refractivity contribution in [1.29, 1.82) is 0 Å². The first-order valence-electron chi connectivity index (χ1n) is 6.94. The van der Waals surface area contributed by atoms with Crippen LogP contribution in [0.4, 0.5) is 0 Å². The molecule has 0 aliphatic carbocycles. The molecular formula is C15H17ClN2O3. The number of rotatable bonds is 4. The quantitative estimate of drug-likeness (QED) is 0.643. The van der Waals surface area contributed by atoms with Crippen LogP contribution in [0.1, 0.15) is 22.6 Å². The summed E-state index contributed by atoms with van der Waals surface area (Å²) in [6, 6.07) is 5.38. The number of hydrogen-bond donors (Lipinski definition) is 0. The zero-order valence-electron chi connectivity index (χ0n) is 11.8. The summed E-state index contributed by atoms with van der Waals surface area (Å²) in [7, 11) is 1.38. The van der Waals surface area contributed by atoms with Crippen LogP contribution in [0, 0.1) is 5.92 Å². The highest BCUT2D eigenvalue weighted by Gasteiger charge is 2.20. The van der Waals surface area contributed by atoms with Gasteiger partial charge in [0.05, 0.1) is 36.2 Å². The molecule has 1 aromatic heterocycles. The lowest BCUT2D eigenvalue weighted by molar-refractivity contribution is 0.0601. The predicted octanol–water partition coefficient (Wildman–Crippen LogP) is 2.60. The van der Waals surface area contributed by atoms with Crippen molar-refractivity contribution >= 4 is 28.6 Å². The van der Waals surface area contributed by atoms with Gasteiger partial charge in [0.15, 0.2) is 0 Å². The van der Waals surface area contributed by atoms with Gasteiger partial charge in [-0.3, -0.25) is 0 Å². The number of methoxy groups -OCH3 is 1. The molecular weight excluding hydrogens is 292 g/mol. The minimum Gasteiger partial charge on any atom is -0.465 e. The highest BCUT2D eigenvalue weighted by Crippen LogP contribution is 2.23. The van der Waals surface area contributed by atoms with Gasteiger partial charge in [-0.15, -0.1) is 11.6 Å². The zero-order valence-corrected chi connectivity index (χ0v) is 12.6. The van der Waals surface area contributed by atoms with Gasteiger partial charge in [0.2, 0.25) is 0 Å². The van der Waals surface area contributed by atoms with Crippen molar-refractivity contribution in [3.8, 4) is 0 Å². The maximum absolute atomic E-state index is 11.7. The first kappa shape index (κ1) is 14.4. The van der Waals surface area contributed by atoms with Gasteiger partial charge in [-0.2, -0.15) is 0 Å². The molecule has 0 N–H and O–H groups in total. The third kappa shape index (κ3) is 2.76. The Morgan fingerprint density at radius 2 is 2.43 bits per heavy atom. The number of alkyl halides is 1. The normalized spacial score (nSPS) is 18.3. The van der Waals surface area contributed by atoms with Gasteiger partial charge < -0.3 is 14.0 Å². The highest BCUT2D eigenvalue weighted by molar-refractivity contribution is 6.16. The Kier molecular flexibility index (Phi) is 4.12. The van der Waals surface area contributed by atoms with Crippen molar-refractivity contribution in [3.63, 3.8) is 0 Å². The molecule has 3 rings (SSSR count). The van der Waals surface area contributed by atoms with Crippen molar-refractivity contribution in [2.24, 2.45) is 5.92 Å². The van der Waals surface area contributed by atoms with Gasteiger partial charge in [0.25, 0.3) is 0 Å². The minimum atomic E-state index is -0.346. The fourth-order valence-electron chi connectivity index (χ4n) is 2.71. The molecule has 0 amide bonds. The van der Waals surface area contributed by atoms with E-state index in [9.17, 15) is 4.79 Å². The number of nitrogens with zero attached hydrogens (tertiary/aromatic N) is 2. The molecule has 2 aromatic rings. The van der Waals surface area contributed by atoms with Crippen molar-refractivity contribution < 1.29 is 14.3 Å². The lowest BCUT2D eigenvalue weighted by Gasteiger charge is -2.12. The molecule has 0 bridgehead atoms. The molecule has 1 aliphatic rings. The Bertz CT molecular complexity index is 662. The van der Waals surface area contributed by atoms with E-state index in [1.807, 2.05) is 12.1 Å². The summed E-state index contributed by atoms with van der Waals surface area (Å²) in [5.41, 5.74) is 2.28. The molecule has 0 spiro atoms. The molecule has 0 unspecified atom stereocenters. The SMILES string of the molecule is COC(=O)c1ccc2nc(CCl)n(C[C@H]3CCOC3)c2c1. The number of carbonyl (C=O) groups excluding carboxylic acids is 1. The van der Waals surface area contributed by atoms with Crippen LogP contribution >= 0.6 is 11.6 Å². The monoisotopic (exact) mass is 308 g/mol. The average Bonchev–Trinajstić information content (AvgIpc) is 3.14. The van der Waals surface area contributed by atoms with E-state index in [2.05, 4.69) is 9.55 Å². The highest BCUT2D eigenvalue weighted by atomic mass is 35.5. The minimum absolute atomic E-state index is 0.343. The van der Waals surface area contributed by atoms with Gasteiger partial charge in [-0.1, -0.05) is 0 Å². The van der Waals surface area contributed by atoms with Gasteiger partial charge in [-0.05, 0) is 24.6 Å². The number of benzene rings is 1. The van der Waals surface area contributed by atoms with Crippen LogP contribution in [0.15, 0.2) is 18.2 Å². The van der Waals surface area contributed by atoms with Gasteiger partial charge in [0, 0.05) is 19.1 Å². The molecule has 1 aromatic carbocycles. The summed E-state index contributed by atoms with van der Waals surface area (Å²) < 4.78 is 12.3. The summed E-state index contributed by atoms with van der Waals surface area (Å²) in [6.07, 6.45) is 1.04. The van der Waals surface area contributed by atoms with Crippen LogP contribution in [0.25, 0.3) is 11.0 Å². The van der Waals surface area contributed by atoms with E-state index in [1.165, 1.54) is 7.11 Å². The van der Waals surface area contributed by atoms with Crippen molar-refractivity contribution in [3.05, 3.63) is 29.6 Å². The van der Waals surface area contributed by atoms with Crippen LogP contribution in [-0.4, -0.2) is 35.8 Å². The number of carbonyl (C=O) groups is 1. The number of imidazole rings is 1. The summed E-state index contributed by atoms with van der Waals surface area (Å²) in [6.45, 7) is 2.38. The Labute approximate surface area is 127 Å². The second-order valence-corrected chi connectivity index (χ2v) is 5.46. The van der Waals surface area contributed by atoms with E-state index in [4.69, 9.17) is 21.1 Å². The van der Waals surface area contributed by atoms with Gasteiger partial charge >= 0.3 is 5.97 Å². The Morgan fingerprint density at radius 3 is 3.10 bits per heavy atom. The average molecular weight is 309 g/mol. The zero-order chi connectivity index (χ0) is 14.8. The summed E-state index contributed by atoms with van der Waals surface area (Å²) >= 11 is 6.01. The van der Waals surface area contributed by atoms with E-state index >= 15 is 0 Å². The third-order valence-electron chi connectivity index (χ3n) is 3.83. The molecule has 6 heteroatoms. The van der Waals surface area contributed by atoms with Crippen LogP contribution in [0.2, 0.25) is 0 Å². The number of fused-ring (bicyclic) bond motifs is 1. The van der Waals surface area contributed by atoms with Crippen LogP contribution < -0.4 is 0 Å². The lowest BCUT2D eigenvalue weighted by Crippen LogP contribution is -2.13. The van der Waals surface area contributed by atoms with Crippen LogP contribution in [0.3, 0.4) is 0 Å². The molecule has 0 saturated carbocycles. The summed E-state index contributed by atoms with van der Waals surface area (Å²) in [5, 5.41) is 0. The van der Waals surface area contributed by atoms with Gasteiger partial charge in [-0.25, -0.2) is 9.78 Å². The fourth-order valence-corrected chi connectivity index (χ4v) is 2.91. The largest absolute Gasteiger partial charge is 0.465 e. The van der Waals surface area contributed by atoms with E-state index in [0.29, 0.717) is 17.4 Å². The first-order valence-corrected chi connectivity index (χ1v) is 7.47. The molecule has 1 fully saturated rings. The third-order valence-corrected chi connectivity index (χ3v) is 4.07. The maximum Gasteiger partial charge on any atom is 0.337 e. The van der Waals surface area contributed by atoms with Crippen molar-refractivity contribution in [1.82, 2.24) is 9.55 Å². The van der Waals surface area contributed by atoms with Crippen molar-refractivity contribution in [2.45, 2.75) is 18.8 Å². The van der Waals surface area contributed by atoms with E-state index < -0.39 is 0 Å². The molecule has 21 heavy (non-hydrogen) atoms. The fraction of sp³-hybridized carbons (Fsp3) is 0.467. The molecule has 1 atom stereocenters. The number of hydrogen-bond acceptors (Lipinski definition) is 4. The topological polar surface area (TPSA) is 53.3 Å². The summed E-state index contributed by atoms with van der Waals surface area (Å²) in [5.74, 6) is 1.28. The first-order chi connectivity index (χ1) is 10.2. The second kappa shape index (κ2) is 6.03. The number of esters is 1. The number of aromatic nitrogens is 2. The van der Waals surface area contributed by atoms with Crippen LogP contribution in [-0.2, 0) is 21.9 Å². The summed E-state index contributed by atoms with van der Waals surface area (Å²) in [4.78, 5) is 16.2. The molecule has 5 nitrogen and oxygen atoms in total. The predicted molar refractivity (Wildman–Crippen MR) is 79.6 cm³/mol. The van der Waals surface area contributed by atoms with E-state index in [1.54, 1.807) is 6.07 Å². The second-order valence-electron chi connectivity index (χ2n) is 5.20. The lowest BCUT2D eigenvalue weighted by atomic mass is 10.1. The molecule has 112 valence electrons. The number of ether oxygens (including phenoxy) is 2.